The van der Waals surface area contributed by atoms with E-state index in [1.54, 1.807) is 0 Å². The molecule has 0 fully saturated rings. The second-order valence-electron chi connectivity index (χ2n) is 14.6. The van der Waals surface area contributed by atoms with Gasteiger partial charge in [-0.2, -0.15) is 0 Å². The molecule has 0 atom stereocenters. The summed E-state index contributed by atoms with van der Waals surface area (Å²) in [4.78, 5) is 0. The van der Waals surface area contributed by atoms with E-state index in [1.165, 1.54) is 93.5 Å². The Labute approximate surface area is 296 Å². The van der Waals surface area contributed by atoms with Crippen molar-refractivity contribution in [2.45, 2.75) is 19.3 Å². The third kappa shape index (κ3) is 3.93. The molecule has 51 heavy (non-hydrogen) atoms. The van der Waals surface area contributed by atoms with Gasteiger partial charge in [-0.15, -0.1) is 0 Å². The first kappa shape index (κ1) is 28.5. The summed E-state index contributed by atoms with van der Waals surface area (Å²) in [6.07, 6.45) is 0. The summed E-state index contributed by atoms with van der Waals surface area (Å²) in [6, 6.07) is 62.9. The molecule has 0 unspecified atom stereocenters. The van der Waals surface area contributed by atoms with E-state index in [2.05, 4.69) is 193 Å². The van der Waals surface area contributed by atoms with Crippen LogP contribution in [0.1, 0.15) is 25.0 Å². The molecule has 2 heterocycles. The SMILES string of the molecule is CC1(C)c2ccccc2-c2ccc(-c3cccc(-n4c5ccccc5c5cc6c7ccc8ccccc8c7n(-c7ccccc7)c6cc54)c3)cc21. The average molecular weight is 651 g/mol. The minimum atomic E-state index is -0.0414. The molecule has 2 aromatic heterocycles. The standard InChI is InChI=1S/C49H34N2/c1-49(2)43-21-10-8-19-37(43)38-25-24-33(28-44(38)49)32-14-12-17-35(27-32)50-45-22-11-9-20-39(45)41-29-42-40-26-23-31-13-6-7-18-36(31)48(40)51(47(42)30-46(41)50)34-15-4-3-5-16-34/h3-30H,1-2H3. The maximum atomic E-state index is 2.47. The molecule has 1 aliphatic carbocycles. The lowest BCUT2D eigenvalue weighted by Gasteiger charge is -2.22. The minimum absolute atomic E-state index is 0.0414. The van der Waals surface area contributed by atoms with Crippen molar-refractivity contribution in [2.75, 3.05) is 0 Å². The van der Waals surface area contributed by atoms with Crippen molar-refractivity contribution in [1.82, 2.24) is 9.13 Å². The zero-order valence-corrected chi connectivity index (χ0v) is 28.6. The quantitative estimate of drug-likeness (QED) is 0.180. The van der Waals surface area contributed by atoms with Crippen molar-refractivity contribution in [1.29, 1.82) is 0 Å². The number of fused-ring (bicyclic) bond motifs is 11. The van der Waals surface area contributed by atoms with Crippen LogP contribution in [0.5, 0.6) is 0 Å². The van der Waals surface area contributed by atoms with Gasteiger partial charge in [0.25, 0.3) is 0 Å². The van der Waals surface area contributed by atoms with Crippen molar-refractivity contribution >= 4 is 54.4 Å². The minimum Gasteiger partial charge on any atom is -0.309 e. The number of nitrogens with zero attached hydrogens (tertiary/aromatic N) is 2. The number of aromatic nitrogens is 2. The molecule has 11 rings (SSSR count). The zero-order valence-electron chi connectivity index (χ0n) is 28.6. The fraction of sp³-hybridized carbons (Fsp3) is 0.0612. The van der Waals surface area contributed by atoms with Crippen LogP contribution in [0, 0.1) is 0 Å². The lowest BCUT2D eigenvalue weighted by molar-refractivity contribution is 0.660. The lowest BCUT2D eigenvalue weighted by atomic mass is 9.81. The van der Waals surface area contributed by atoms with Gasteiger partial charge >= 0.3 is 0 Å². The van der Waals surface area contributed by atoms with Gasteiger partial charge in [0, 0.05) is 43.7 Å². The van der Waals surface area contributed by atoms with Crippen molar-refractivity contribution in [2.24, 2.45) is 0 Å². The summed E-state index contributed by atoms with van der Waals surface area (Å²) in [5, 5.41) is 7.58. The second-order valence-corrected chi connectivity index (χ2v) is 14.6. The Morgan fingerprint density at radius 3 is 1.96 bits per heavy atom. The number of benzene rings is 8. The lowest BCUT2D eigenvalue weighted by Crippen LogP contribution is -2.14. The fourth-order valence-electron chi connectivity index (χ4n) is 9.07. The fourth-order valence-corrected chi connectivity index (χ4v) is 9.07. The van der Waals surface area contributed by atoms with E-state index >= 15 is 0 Å². The van der Waals surface area contributed by atoms with Gasteiger partial charge in [0.15, 0.2) is 0 Å². The van der Waals surface area contributed by atoms with Crippen LogP contribution >= 0.6 is 0 Å². The maximum absolute atomic E-state index is 2.47. The number of hydrogen-bond donors (Lipinski definition) is 0. The Kier molecular flexibility index (Phi) is 5.76. The van der Waals surface area contributed by atoms with Gasteiger partial charge in [0.2, 0.25) is 0 Å². The molecular formula is C49H34N2. The maximum Gasteiger partial charge on any atom is 0.0619 e. The number of rotatable bonds is 3. The smallest absolute Gasteiger partial charge is 0.0619 e. The summed E-state index contributed by atoms with van der Waals surface area (Å²) < 4.78 is 4.93. The highest BCUT2D eigenvalue weighted by atomic mass is 15.0. The molecule has 8 aromatic carbocycles. The molecular weight excluding hydrogens is 617 g/mol. The summed E-state index contributed by atoms with van der Waals surface area (Å²) in [6.45, 7) is 4.71. The monoisotopic (exact) mass is 650 g/mol. The normalized spacial score (nSPS) is 13.5. The molecule has 1 aliphatic rings. The predicted octanol–water partition coefficient (Wildman–Crippen LogP) is 13.0. The Morgan fingerprint density at radius 1 is 0.373 bits per heavy atom. The van der Waals surface area contributed by atoms with Crippen molar-refractivity contribution < 1.29 is 0 Å². The van der Waals surface area contributed by atoms with E-state index in [9.17, 15) is 0 Å². The van der Waals surface area contributed by atoms with Crippen LogP contribution < -0.4 is 0 Å². The first-order valence-corrected chi connectivity index (χ1v) is 17.9. The molecule has 0 spiro atoms. The molecule has 10 aromatic rings. The number of hydrogen-bond acceptors (Lipinski definition) is 0. The van der Waals surface area contributed by atoms with Gasteiger partial charge in [0.05, 0.1) is 22.1 Å². The van der Waals surface area contributed by atoms with Crippen LogP contribution in [-0.2, 0) is 5.41 Å². The van der Waals surface area contributed by atoms with Gasteiger partial charge in [-0.1, -0.05) is 135 Å². The zero-order chi connectivity index (χ0) is 33.8. The Morgan fingerprint density at radius 2 is 1.06 bits per heavy atom. The first-order chi connectivity index (χ1) is 25.1. The third-order valence-electron chi connectivity index (χ3n) is 11.5. The van der Waals surface area contributed by atoms with Crippen LogP contribution in [0.15, 0.2) is 170 Å². The molecule has 0 amide bonds. The van der Waals surface area contributed by atoms with Gasteiger partial charge < -0.3 is 9.13 Å². The summed E-state index contributed by atoms with van der Waals surface area (Å²) in [5.74, 6) is 0. The van der Waals surface area contributed by atoms with Crippen LogP contribution in [0.4, 0.5) is 0 Å². The van der Waals surface area contributed by atoms with E-state index in [-0.39, 0.29) is 5.41 Å². The van der Waals surface area contributed by atoms with Crippen LogP contribution in [-0.4, -0.2) is 9.13 Å². The first-order valence-electron chi connectivity index (χ1n) is 17.9. The van der Waals surface area contributed by atoms with Crippen molar-refractivity contribution in [3.63, 3.8) is 0 Å². The van der Waals surface area contributed by atoms with Gasteiger partial charge in [-0.05, 0) is 87.3 Å². The Bertz CT molecular complexity index is 3040. The van der Waals surface area contributed by atoms with E-state index in [0.717, 1.165) is 5.69 Å². The van der Waals surface area contributed by atoms with Crippen molar-refractivity contribution in [3.8, 4) is 33.6 Å². The summed E-state index contributed by atoms with van der Waals surface area (Å²) >= 11 is 0. The molecule has 240 valence electrons. The molecule has 0 saturated heterocycles. The largest absolute Gasteiger partial charge is 0.309 e. The molecule has 0 aliphatic heterocycles. The Balaban J connectivity index is 1.17. The molecule has 2 heteroatoms. The van der Waals surface area contributed by atoms with E-state index in [4.69, 9.17) is 0 Å². The molecule has 0 radical (unpaired) electrons. The van der Waals surface area contributed by atoms with Gasteiger partial charge in [-0.25, -0.2) is 0 Å². The highest BCUT2D eigenvalue weighted by molar-refractivity contribution is 6.23. The second kappa shape index (κ2) is 10.3. The van der Waals surface area contributed by atoms with Gasteiger partial charge in [-0.3, -0.25) is 0 Å². The Hall–Kier alpha value is -6.38. The predicted molar refractivity (Wildman–Crippen MR) is 216 cm³/mol. The highest BCUT2D eigenvalue weighted by Gasteiger charge is 2.35. The van der Waals surface area contributed by atoms with Crippen LogP contribution in [0.3, 0.4) is 0 Å². The van der Waals surface area contributed by atoms with Crippen LogP contribution in [0.2, 0.25) is 0 Å². The average Bonchev–Trinajstić information content (AvgIpc) is 3.77. The topological polar surface area (TPSA) is 9.86 Å². The molecule has 0 saturated carbocycles. The molecule has 2 nitrogen and oxygen atoms in total. The third-order valence-corrected chi connectivity index (χ3v) is 11.5. The van der Waals surface area contributed by atoms with Crippen LogP contribution in [0.25, 0.3) is 88.0 Å². The summed E-state index contributed by atoms with van der Waals surface area (Å²) in [5.41, 5.74) is 15.1. The summed E-state index contributed by atoms with van der Waals surface area (Å²) in [7, 11) is 0. The number of para-hydroxylation sites is 2. The van der Waals surface area contributed by atoms with Crippen molar-refractivity contribution in [3.05, 3.63) is 181 Å². The highest BCUT2D eigenvalue weighted by Crippen LogP contribution is 2.50. The van der Waals surface area contributed by atoms with Gasteiger partial charge in [0.1, 0.15) is 0 Å². The molecule has 0 N–H and O–H groups in total. The van der Waals surface area contributed by atoms with E-state index < -0.39 is 0 Å². The van der Waals surface area contributed by atoms with E-state index in [0.29, 0.717) is 0 Å². The van der Waals surface area contributed by atoms with E-state index in [1.807, 2.05) is 0 Å². The molecule has 0 bridgehead atoms.